The Balaban J connectivity index is 0.000000293. The summed E-state index contributed by atoms with van der Waals surface area (Å²) >= 11 is 0. The molecule has 2 aromatic carbocycles. The molecule has 138 valence electrons. The van der Waals surface area contributed by atoms with Gasteiger partial charge in [0.25, 0.3) is 0 Å². The third-order valence-electron chi connectivity index (χ3n) is 3.54. The molecule has 0 atom stereocenters. The second kappa shape index (κ2) is 9.25. The van der Waals surface area contributed by atoms with E-state index in [9.17, 15) is 22.0 Å². The minimum Gasteiger partial charge on any atom is -0.378 e. The van der Waals surface area contributed by atoms with Crippen LogP contribution in [0.25, 0.3) is 0 Å². The predicted molar refractivity (Wildman–Crippen MR) is 90.6 cm³/mol. The van der Waals surface area contributed by atoms with E-state index in [1.54, 1.807) is 13.8 Å². The van der Waals surface area contributed by atoms with Crippen molar-refractivity contribution in [1.29, 1.82) is 0 Å². The van der Waals surface area contributed by atoms with Crippen LogP contribution in [-0.4, -0.2) is 27.2 Å². The molecule has 0 bridgehead atoms. The Labute approximate surface area is 144 Å². The first kappa shape index (κ1) is 20.7. The van der Waals surface area contributed by atoms with Crippen molar-refractivity contribution in [2.45, 2.75) is 13.8 Å². The molecule has 0 heterocycles. The molecule has 0 N–H and O–H groups in total. The van der Waals surface area contributed by atoms with Crippen molar-refractivity contribution in [3.8, 4) is 0 Å². The van der Waals surface area contributed by atoms with Gasteiger partial charge in [0.2, 0.25) is 5.82 Å². The van der Waals surface area contributed by atoms with Crippen LogP contribution >= 0.6 is 0 Å². The first-order chi connectivity index (χ1) is 11.8. The molecule has 0 spiro atoms. The number of halogens is 5. The van der Waals surface area contributed by atoms with Crippen molar-refractivity contribution in [3.63, 3.8) is 0 Å². The highest BCUT2D eigenvalue weighted by Gasteiger charge is 2.27. The monoisotopic (exact) mass is 360 g/mol. The van der Waals surface area contributed by atoms with Crippen molar-refractivity contribution in [2.75, 3.05) is 37.0 Å². The van der Waals surface area contributed by atoms with E-state index in [0.29, 0.717) is 0 Å². The molecule has 0 saturated carbocycles. The third kappa shape index (κ3) is 4.84. The Morgan fingerprint density at radius 1 is 0.680 bits per heavy atom. The zero-order chi connectivity index (χ0) is 19.1. The lowest BCUT2D eigenvalue weighted by atomic mass is 10.2. The molecule has 2 aromatic rings. The van der Waals surface area contributed by atoms with Crippen molar-refractivity contribution in [1.82, 2.24) is 0 Å². The van der Waals surface area contributed by atoms with E-state index >= 15 is 0 Å². The molecule has 25 heavy (non-hydrogen) atoms. The van der Waals surface area contributed by atoms with Crippen LogP contribution in [-0.2, 0) is 0 Å². The highest BCUT2D eigenvalue weighted by Crippen LogP contribution is 2.29. The van der Waals surface area contributed by atoms with Gasteiger partial charge < -0.3 is 9.80 Å². The number of benzene rings is 2. The Kier molecular flexibility index (Phi) is 7.67. The second-order valence-corrected chi connectivity index (χ2v) is 5.32. The predicted octanol–water partition coefficient (Wildman–Crippen LogP) is 4.98. The van der Waals surface area contributed by atoms with Crippen LogP contribution in [0.3, 0.4) is 0 Å². The molecule has 0 aliphatic rings. The van der Waals surface area contributed by atoms with Gasteiger partial charge in [0.05, 0.1) is 0 Å². The summed E-state index contributed by atoms with van der Waals surface area (Å²) in [6, 6.07) is 10.3. The molecule has 2 rings (SSSR count). The highest BCUT2D eigenvalue weighted by molar-refractivity contribution is 5.50. The summed E-state index contributed by atoms with van der Waals surface area (Å²) in [4.78, 5) is 3.15. The van der Waals surface area contributed by atoms with Crippen LogP contribution < -0.4 is 9.80 Å². The van der Waals surface area contributed by atoms with Gasteiger partial charge in [0, 0.05) is 32.9 Å². The zero-order valence-electron chi connectivity index (χ0n) is 14.6. The first-order valence-corrected chi connectivity index (χ1v) is 7.74. The second-order valence-electron chi connectivity index (χ2n) is 5.32. The third-order valence-corrected chi connectivity index (χ3v) is 3.54. The van der Waals surface area contributed by atoms with Crippen LogP contribution in [0.1, 0.15) is 13.8 Å². The average molecular weight is 360 g/mol. The van der Waals surface area contributed by atoms with Gasteiger partial charge in [0.1, 0.15) is 5.69 Å². The molecular formula is C18H21F5N2. The lowest BCUT2D eigenvalue weighted by Gasteiger charge is -2.22. The maximum absolute atomic E-state index is 13.3. The number of rotatable bonds is 4. The van der Waals surface area contributed by atoms with Crippen molar-refractivity contribution in [3.05, 3.63) is 59.4 Å². The molecule has 0 aliphatic heterocycles. The molecule has 0 aromatic heterocycles. The highest BCUT2D eigenvalue weighted by atomic mass is 19.2. The summed E-state index contributed by atoms with van der Waals surface area (Å²) in [5, 5.41) is 0. The van der Waals surface area contributed by atoms with Gasteiger partial charge in [-0.15, -0.1) is 0 Å². The smallest absolute Gasteiger partial charge is 0.200 e. The molecule has 0 fully saturated rings. The molecule has 0 amide bonds. The number of hydrogen-bond acceptors (Lipinski definition) is 2. The van der Waals surface area contributed by atoms with E-state index in [1.807, 2.05) is 32.3 Å². The normalized spacial score (nSPS) is 10.1. The van der Waals surface area contributed by atoms with Crippen LogP contribution in [0.5, 0.6) is 0 Å². The summed E-state index contributed by atoms with van der Waals surface area (Å²) in [7, 11) is 4.07. The topological polar surface area (TPSA) is 6.48 Å². The molecule has 0 unspecified atom stereocenters. The van der Waals surface area contributed by atoms with Crippen molar-refractivity contribution in [2.24, 2.45) is 0 Å². The standard InChI is InChI=1S/C10H10F5N.C8H11N/c1-3-16(4-2)10-8(14)6(12)5(11)7(13)9(10)15;1-9(2)8-6-4-3-5-7-8/h3-4H2,1-2H3;3-7H,1-2H3. The summed E-state index contributed by atoms with van der Waals surface area (Å²) in [5.74, 6) is -9.55. The van der Waals surface area contributed by atoms with E-state index in [0.717, 1.165) is 4.90 Å². The minimum absolute atomic E-state index is 0.148. The molecule has 0 radical (unpaired) electrons. The molecular weight excluding hydrogens is 339 g/mol. The number of para-hydroxylation sites is 1. The van der Waals surface area contributed by atoms with Gasteiger partial charge in [-0.05, 0) is 26.0 Å². The Bertz CT molecular complexity index is 657. The van der Waals surface area contributed by atoms with Gasteiger partial charge in [-0.2, -0.15) is 0 Å². The van der Waals surface area contributed by atoms with Crippen LogP contribution in [0.15, 0.2) is 30.3 Å². The Morgan fingerprint density at radius 3 is 1.40 bits per heavy atom. The lowest BCUT2D eigenvalue weighted by Crippen LogP contribution is -2.25. The van der Waals surface area contributed by atoms with Crippen molar-refractivity contribution >= 4 is 11.4 Å². The SMILES string of the molecule is CCN(CC)c1c(F)c(F)c(F)c(F)c1F.CN(C)c1ccccc1. The summed E-state index contributed by atoms with van der Waals surface area (Å²) < 4.78 is 64.9. The summed E-state index contributed by atoms with van der Waals surface area (Å²) in [6.45, 7) is 3.41. The van der Waals surface area contributed by atoms with E-state index in [1.165, 1.54) is 5.69 Å². The number of anilines is 2. The largest absolute Gasteiger partial charge is 0.378 e. The molecule has 0 aliphatic carbocycles. The average Bonchev–Trinajstić information content (AvgIpc) is 2.63. The van der Waals surface area contributed by atoms with E-state index in [4.69, 9.17) is 0 Å². The number of nitrogens with zero attached hydrogens (tertiary/aromatic N) is 2. The van der Waals surface area contributed by atoms with E-state index in [-0.39, 0.29) is 13.1 Å². The Morgan fingerprint density at radius 2 is 1.08 bits per heavy atom. The first-order valence-electron chi connectivity index (χ1n) is 7.74. The maximum atomic E-state index is 13.3. The summed E-state index contributed by atoms with van der Waals surface area (Å²) in [6.07, 6.45) is 0. The van der Waals surface area contributed by atoms with Gasteiger partial charge in [0.15, 0.2) is 23.3 Å². The maximum Gasteiger partial charge on any atom is 0.200 e. The fourth-order valence-corrected chi connectivity index (χ4v) is 2.14. The lowest BCUT2D eigenvalue weighted by molar-refractivity contribution is 0.378. The van der Waals surface area contributed by atoms with Gasteiger partial charge >= 0.3 is 0 Å². The van der Waals surface area contributed by atoms with Gasteiger partial charge in [-0.3, -0.25) is 0 Å². The van der Waals surface area contributed by atoms with Crippen LogP contribution in [0.2, 0.25) is 0 Å². The van der Waals surface area contributed by atoms with Crippen molar-refractivity contribution < 1.29 is 22.0 Å². The number of hydrogen-bond donors (Lipinski definition) is 0. The van der Waals surface area contributed by atoms with Crippen LogP contribution in [0.4, 0.5) is 33.3 Å². The van der Waals surface area contributed by atoms with Gasteiger partial charge in [-0.1, -0.05) is 18.2 Å². The molecule has 0 saturated heterocycles. The van der Waals surface area contributed by atoms with E-state index in [2.05, 4.69) is 17.0 Å². The molecule has 7 heteroatoms. The van der Waals surface area contributed by atoms with Gasteiger partial charge in [-0.25, -0.2) is 22.0 Å². The minimum atomic E-state index is -2.13. The quantitative estimate of drug-likeness (QED) is 0.431. The molecule has 2 nitrogen and oxygen atoms in total. The van der Waals surface area contributed by atoms with Crippen LogP contribution in [0, 0.1) is 29.1 Å². The fourth-order valence-electron chi connectivity index (χ4n) is 2.14. The van der Waals surface area contributed by atoms with E-state index < -0.39 is 34.8 Å². The Hall–Kier alpha value is -2.31. The fraction of sp³-hybridized carbons (Fsp3) is 0.333. The summed E-state index contributed by atoms with van der Waals surface area (Å²) in [5.41, 5.74) is 0.374. The zero-order valence-corrected chi connectivity index (χ0v) is 14.6.